The monoisotopic (exact) mass is 316 g/mol. The zero-order chi connectivity index (χ0) is 16.0. The summed E-state index contributed by atoms with van der Waals surface area (Å²) < 4.78 is 18.4. The van der Waals surface area contributed by atoms with E-state index in [4.69, 9.17) is 13.0 Å². The van der Waals surface area contributed by atoms with Crippen LogP contribution in [0.4, 0.5) is 0 Å². The molecule has 0 aromatic rings. The molecule has 118 valence electrons. The smallest absolute Gasteiger partial charge is 0.352 e. The van der Waals surface area contributed by atoms with E-state index in [0.29, 0.717) is 5.92 Å². The number of hydrogen-bond acceptors (Lipinski definition) is 3. The summed E-state index contributed by atoms with van der Waals surface area (Å²) in [5.41, 5.74) is 3.65. The van der Waals surface area contributed by atoms with Crippen molar-refractivity contribution in [3.8, 4) is 0 Å². The Hall–Kier alpha value is -0.206. The van der Waals surface area contributed by atoms with Crippen molar-refractivity contribution in [1.29, 1.82) is 0 Å². The lowest BCUT2D eigenvalue weighted by atomic mass is 10.1. The molecule has 20 heavy (non-hydrogen) atoms. The van der Waals surface area contributed by atoms with Crippen LogP contribution in [0.3, 0.4) is 0 Å². The van der Waals surface area contributed by atoms with E-state index >= 15 is 0 Å². The van der Waals surface area contributed by atoms with Gasteiger partial charge in [0.2, 0.25) is 0 Å². The molecule has 0 bridgehead atoms. The maximum absolute atomic E-state index is 6.28. The molecule has 0 radical (unpaired) electrons. The summed E-state index contributed by atoms with van der Waals surface area (Å²) in [6, 6.07) is 0. The van der Waals surface area contributed by atoms with Gasteiger partial charge in [-0.05, 0) is 46.2 Å². The lowest BCUT2D eigenvalue weighted by molar-refractivity contribution is 0.130. The second-order valence-electron chi connectivity index (χ2n) is 6.27. The van der Waals surface area contributed by atoms with E-state index in [1.165, 1.54) is 0 Å². The fourth-order valence-corrected chi connectivity index (χ4v) is 8.50. The van der Waals surface area contributed by atoms with Crippen molar-refractivity contribution in [2.75, 3.05) is 0 Å². The van der Waals surface area contributed by atoms with E-state index in [9.17, 15) is 0 Å². The molecule has 0 heterocycles. The largest absolute Gasteiger partial charge is 0.409 e. The third-order valence-electron chi connectivity index (χ3n) is 2.86. The molecule has 0 aromatic heterocycles. The first-order valence-electron chi connectivity index (χ1n) is 7.38. The molecule has 5 heteroatoms. The van der Waals surface area contributed by atoms with Gasteiger partial charge in [-0.15, -0.1) is 13.2 Å². The van der Waals surface area contributed by atoms with Crippen molar-refractivity contribution in [1.82, 2.24) is 0 Å². The molecule has 3 nitrogen and oxygen atoms in total. The molecular formula is C15H32O3Si2. The summed E-state index contributed by atoms with van der Waals surface area (Å²) in [6.07, 6.45) is 1.28. The highest BCUT2D eigenvalue weighted by Gasteiger charge is 2.41. The molecular weight excluding hydrogens is 284 g/mol. The minimum atomic E-state index is -2.45. The summed E-state index contributed by atoms with van der Waals surface area (Å²) >= 11 is 0. The van der Waals surface area contributed by atoms with Gasteiger partial charge < -0.3 is 13.0 Å². The molecule has 0 rings (SSSR count). The molecule has 0 N–H and O–H groups in total. The van der Waals surface area contributed by atoms with E-state index < -0.39 is 17.1 Å². The van der Waals surface area contributed by atoms with Gasteiger partial charge in [0, 0.05) is 12.2 Å². The van der Waals surface area contributed by atoms with Gasteiger partial charge in [-0.1, -0.05) is 25.2 Å². The van der Waals surface area contributed by atoms with E-state index in [1.807, 2.05) is 38.3 Å². The van der Waals surface area contributed by atoms with Gasteiger partial charge in [0.05, 0.1) is 0 Å². The van der Waals surface area contributed by atoms with Crippen LogP contribution in [0.1, 0.15) is 41.0 Å². The summed E-state index contributed by atoms with van der Waals surface area (Å²) in [6.45, 7) is 22.3. The van der Waals surface area contributed by atoms with Gasteiger partial charge in [0.25, 0.3) is 0 Å². The third kappa shape index (κ3) is 7.54. The van der Waals surface area contributed by atoms with Gasteiger partial charge in [-0.25, -0.2) is 0 Å². The quantitative estimate of drug-likeness (QED) is 0.556. The highest BCUT2D eigenvalue weighted by atomic mass is 28.5. The molecule has 0 saturated carbocycles. The average Bonchev–Trinajstić information content (AvgIpc) is 2.26. The fraction of sp³-hybridized carbons (Fsp3) is 0.733. The third-order valence-corrected chi connectivity index (χ3v) is 9.39. The van der Waals surface area contributed by atoms with Gasteiger partial charge in [0.15, 0.2) is 0 Å². The molecule has 0 aromatic carbocycles. The van der Waals surface area contributed by atoms with Crippen LogP contribution in [-0.4, -0.2) is 29.3 Å². The van der Waals surface area contributed by atoms with Crippen LogP contribution < -0.4 is 0 Å². The van der Waals surface area contributed by atoms with Crippen LogP contribution in [0, 0.1) is 5.92 Å². The highest BCUT2D eigenvalue weighted by Crippen LogP contribution is 2.23. The Morgan fingerprint density at radius 3 is 1.70 bits per heavy atom. The van der Waals surface area contributed by atoms with Gasteiger partial charge >= 0.3 is 17.1 Å². The normalized spacial score (nSPS) is 19.4. The van der Waals surface area contributed by atoms with Crippen LogP contribution in [0.15, 0.2) is 24.6 Å². The number of rotatable bonds is 10. The van der Waals surface area contributed by atoms with E-state index in [-0.39, 0.29) is 12.2 Å². The second-order valence-corrected chi connectivity index (χ2v) is 12.4. The van der Waals surface area contributed by atoms with Crippen LogP contribution >= 0.6 is 0 Å². The fourth-order valence-electron chi connectivity index (χ4n) is 2.21. The standard InChI is InChI=1S/C15H32O3Si2/c1-10-19(8,16-14(5)6)18-20(9,11-2)17-15(7)12-13(3)4/h10-11,13-15H,1-2,12H2,3-9H3. The topological polar surface area (TPSA) is 27.7 Å². The Morgan fingerprint density at radius 2 is 1.35 bits per heavy atom. The van der Waals surface area contributed by atoms with Crippen LogP contribution in [0.25, 0.3) is 0 Å². The van der Waals surface area contributed by atoms with Crippen molar-refractivity contribution < 1.29 is 13.0 Å². The highest BCUT2D eigenvalue weighted by molar-refractivity contribution is 6.84. The van der Waals surface area contributed by atoms with Crippen molar-refractivity contribution in [2.45, 2.75) is 66.3 Å². The average molecular weight is 317 g/mol. The number of hydrogen-bond donors (Lipinski definition) is 0. The van der Waals surface area contributed by atoms with Crippen LogP contribution in [-0.2, 0) is 13.0 Å². The molecule has 0 saturated heterocycles. The van der Waals surface area contributed by atoms with Crippen molar-refractivity contribution in [3.63, 3.8) is 0 Å². The Balaban J connectivity index is 4.86. The predicted octanol–water partition coefficient (Wildman–Crippen LogP) is 4.47. The Kier molecular flexibility index (Phi) is 8.20. The van der Waals surface area contributed by atoms with Crippen LogP contribution in [0.2, 0.25) is 13.1 Å². The first kappa shape index (κ1) is 19.8. The van der Waals surface area contributed by atoms with E-state index in [0.717, 1.165) is 6.42 Å². The Morgan fingerprint density at radius 1 is 0.900 bits per heavy atom. The summed E-state index contributed by atoms with van der Waals surface area (Å²) in [5.74, 6) is 0.600. The minimum absolute atomic E-state index is 0.112. The minimum Gasteiger partial charge on any atom is -0.409 e. The molecule has 3 atom stereocenters. The maximum Gasteiger partial charge on any atom is 0.352 e. The molecule has 3 unspecified atom stereocenters. The molecule has 0 aliphatic carbocycles. The van der Waals surface area contributed by atoms with E-state index in [1.54, 1.807) is 0 Å². The molecule has 0 aliphatic rings. The van der Waals surface area contributed by atoms with Crippen LogP contribution in [0.5, 0.6) is 0 Å². The maximum atomic E-state index is 6.28. The lowest BCUT2D eigenvalue weighted by Gasteiger charge is -2.36. The van der Waals surface area contributed by atoms with Crippen molar-refractivity contribution >= 4 is 17.1 Å². The van der Waals surface area contributed by atoms with Crippen molar-refractivity contribution in [3.05, 3.63) is 24.6 Å². The lowest BCUT2D eigenvalue weighted by Crippen LogP contribution is -2.52. The second kappa shape index (κ2) is 8.29. The summed E-state index contributed by atoms with van der Waals surface area (Å²) in [7, 11) is -4.87. The molecule has 0 amide bonds. The van der Waals surface area contributed by atoms with Crippen molar-refractivity contribution in [2.24, 2.45) is 5.92 Å². The zero-order valence-electron chi connectivity index (χ0n) is 14.2. The summed E-state index contributed by atoms with van der Waals surface area (Å²) in [5, 5.41) is 0. The van der Waals surface area contributed by atoms with Gasteiger partial charge in [-0.3, -0.25) is 0 Å². The summed E-state index contributed by atoms with van der Waals surface area (Å²) in [4.78, 5) is 0. The van der Waals surface area contributed by atoms with E-state index in [2.05, 4.69) is 33.9 Å². The predicted molar refractivity (Wildman–Crippen MR) is 90.9 cm³/mol. The van der Waals surface area contributed by atoms with Gasteiger partial charge in [-0.2, -0.15) is 0 Å². The Labute approximate surface area is 127 Å². The molecule has 0 spiro atoms. The Bertz CT molecular complexity index is 320. The van der Waals surface area contributed by atoms with Gasteiger partial charge in [0.1, 0.15) is 0 Å². The zero-order valence-corrected chi connectivity index (χ0v) is 16.2. The first-order chi connectivity index (χ1) is 9.06. The molecule has 0 aliphatic heterocycles. The first-order valence-corrected chi connectivity index (χ1v) is 12.2. The molecule has 0 fully saturated rings. The SMILES string of the molecule is C=C[Si](C)(OC(C)C)O[Si](C)(C=C)OC(C)CC(C)C.